The summed E-state index contributed by atoms with van der Waals surface area (Å²) in [5, 5.41) is 31.4. The quantitative estimate of drug-likeness (QED) is 0.492. The monoisotopic (exact) mass is 499 g/mol. The molecule has 2 bridgehead atoms. The lowest BCUT2D eigenvalue weighted by Crippen LogP contribution is -2.67. The van der Waals surface area contributed by atoms with Crippen LogP contribution in [-0.2, 0) is 26.1 Å². The van der Waals surface area contributed by atoms with Crippen LogP contribution in [0.4, 0.5) is 0 Å². The van der Waals surface area contributed by atoms with E-state index in [1.54, 1.807) is 0 Å². The Hall–Kier alpha value is -2.01. The SMILES string of the molecule is CCOc1ccc2c3c1O[C@H]1[C@@H](OC4OC(C(C)=O)[C@@H](O)C(O)C4O)C=CC45CN(C)[C@H](C2)C4[C@@]31C5. The molecule has 3 heterocycles. The van der Waals surface area contributed by atoms with Gasteiger partial charge < -0.3 is 39.2 Å². The first-order valence-electron chi connectivity index (χ1n) is 12.9. The molecule has 36 heavy (non-hydrogen) atoms. The topological polar surface area (TPSA) is 118 Å². The summed E-state index contributed by atoms with van der Waals surface area (Å²) in [6.07, 6.45) is -1.99. The molecule has 9 nitrogen and oxygen atoms in total. The summed E-state index contributed by atoms with van der Waals surface area (Å²) in [4.78, 5) is 14.5. The molecule has 194 valence electrons. The molecule has 1 saturated carbocycles. The van der Waals surface area contributed by atoms with Crippen LogP contribution in [-0.4, -0.2) is 95.2 Å². The summed E-state index contributed by atoms with van der Waals surface area (Å²) < 4.78 is 24.8. The maximum Gasteiger partial charge on any atom is 0.187 e. The Morgan fingerprint density at radius 2 is 2.03 bits per heavy atom. The first kappa shape index (κ1) is 23.1. The highest BCUT2D eigenvalue weighted by molar-refractivity contribution is 5.81. The van der Waals surface area contributed by atoms with Crippen LogP contribution in [0.15, 0.2) is 24.3 Å². The molecule has 0 aromatic heterocycles. The molecule has 6 unspecified atom stereocenters. The fourth-order valence-electron chi connectivity index (χ4n) is 8.46. The Kier molecular flexibility index (Phi) is 4.83. The zero-order valence-corrected chi connectivity index (χ0v) is 20.7. The van der Waals surface area contributed by atoms with E-state index in [2.05, 4.69) is 24.1 Å². The predicted octanol–water partition coefficient (Wildman–Crippen LogP) is 0.312. The van der Waals surface area contributed by atoms with E-state index in [1.165, 1.54) is 18.1 Å². The molecule has 1 aromatic rings. The first-order valence-corrected chi connectivity index (χ1v) is 12.9. The third kappa shape index (κ3) is 2.68. The van der Waals surface area contributed by atoms with Crippen LogP contribution in [0, 0.1) is 11.3 Å². The molecule has 1 aromatic carbocycles. The minimum Gasteiger partial charge on any atom is -0.490 e. The summed E-state index contributed by atoms with van der Waals surface area (Å²) in [7, 11) is 2.20. The van der Waals surface area contributed by atoms with Gasteiger partial charge in [-0.1, -0.05) is 18.2 Å². The predicted molar refractivity (Wildman–Crippen MR) is 126 cm³/mol. The molecule has 3 aliphatic heterocycles. The van der Waals surface area contributed by atoms with Gasteiger partial charge in [-0.05, 0) is 51.3 Å². The molecule has 2 spiro atoms. The zero-order chi connectivity index (χ0) is 25.1. The number of likely N-dealkylation sites (tertiary alicyclic amines) is 1. The average Bonchev–Trinajstić information content (AvgIpc) is 3.23. The average molecular weight is 500 g/mol. The fraction of sp³-hybridized carbons (Fsp3) is 0.667. The number of rotatable bonds is 5. The number of carbonyl (C=O) groups is 1. The largest absolute Gasteiger partial charge is 0.490 e. The molecule has 0 radical (unpaired) electrons. The maximum absolute atomic E-state index is 12.1. The number of fused-ring (bicyclic) bond motifs is 1. The van der Waals surface area contributed by atoms with Crippen LogP contribution in [0.2, 0.25) is 0 Å². The van der Waals surface area contributed by atoms with E-state index in [1.807, 2.05) is 19.1 Å². The van der Waals surface area contributed by atoms with Crippen molar-refractivity contribution in [3.63, 3.8) is 0 Å². The number of likely N-dealkylation sites (N-methyl/N-ethyl adjacent to an activating group) is 1. The van der Waals surface area contributed by atoms with E-state index in [4.69, 9.17) is 18.9 Å². The van der Waals surface area contributed by atoms with E-state index in [9.17, 15) is 20.1 Å². The zero-order valence-electron chi connectivity index (χ0n) is 20.7. The van der Waals surface area contributed by atoms with E-state index < -0.39 is 42.6 Å². The normalized spacial score (nSPS) is 47.6. The van der Waals surface area contributed by atoms with Crippen molar-refractivity contribution in [2.45, 2.75) is 81.1 Å². The third-order valence-electron chi connectivity index (χ3n) is 9.62. The van der Waals surface area contributed by atoms with Gasteiger partial charge in [-0.3, -0.25) is 4.79 Å². The molecule has 7 aliphatic rings. The van der Waals surface area contributed by atoms with E-state index >= 15 is 0 Å². The van der Waals surface area contributed by atoms with Crippen LogP contribution in [0.25, 0.3) is 0 Å². The van der Waals surface area contributed by atoms with Gasteiger partial charge in [0, 0.05) is 29.0 Å². The summed E-state index contributed by atoms with van der Waals surface area (Å²) in [6.45, 7) is 4.72. The van der Waals surface area contributed by atoms with Gasteiger partial charge in [-0.25, -0.2) is 0 Å². The molecule has 9 heteroatoms. The molecule has 4 aliphatic carbocycles. The van der Waals surface area contributed by atoms with Crippen molar-refractivity contribution in [3.05, 3.63) is 35.4 Å². The Bertz CT molecular complexity index is 1150. The highest BCUT2D eigenvalue weighted by Crippen LogP contribution is 2.75. The van der Waals surface area contributed by atoms with Gasteiger partial charge in [-0.15, -0.1) is 0 Å². The number of benzene rings is 1. The third-order valence-corrected chi connectivity index (χ3v) is 9.62. The van der Waals surface area contributed by atoms with Gasteiger partial charge in [0.05, 0.1) is 6.61 Å². The highest BCUT2D eigenvalue weighted by atomic mass is 16.7. The second-order valence-electron chi connectivity index (χ2n) is 11.5. The number of aliphatic hydroxyl groups excluding tert-OH is 3. The Labute approximate surface area is 209 Å². The van der Waals surface area contributed by atoms with Crippen LogP contribution < -0.4 is 9.47 Å². The lowest BCUT2D eigenvalue weighted by molar-refractivity contribution is -0.303. The lowest BCUT2D eigenvalue weighted by Gasteiger charge is -2.61. The molecular weight excluding hydrogens is 466 g/mol. The number of Topliss-reactive ketones (excluding diaryl/α,β-unsaturated/α-hetero) is 1. The van der Waals surface area contributed by atoms with E-state index in [-0.39, 0.29) is 16.9 Å². The summed E-state index contributed by atoms with van der Waals surface area (Å²) in [6, 6.07) is 4.56. The molecule has 8 rings (SSSR count). The van der Waals surface area contributed by atoms with Crippen LogP contribution in [0.1, 0.15) is 31.4 Å². The Morgan fingerprint density at radius 3 is 2.78 bits per heavy atom. The van der Waals surface area contributed by atoms with Gasteiger partial charge in [0.15, 0.2) is 23.6 Å². The van der Waals surface area contributed by atoms with E-state index in [0.717, 1.165) is 30.9 Å². The van der Waals surface area contributed by atoms with Crippen molar-refractivity contribution >= 4 is 5.78 Å². The van der Waals surface area contributed by atoms with Crippen molar-refractivity contribution in [1.29, 1.82) is 0 Å². The van der Waals surface area contributed by atoms with E-state index in [0.29, 0.717) is 18.6 Å². The van der Waals surface area contributed by atoms with Gasteiger partial charge in [0.2, 0.25) is 0 Å². The summed E-state index contributed by atoms with van der Waals surface area (Å²) in [5.74, 6) is 1.44. The van der Waals surface area contributed by atoms with Gasteiger partial charge in [0.25, 0.3) is 0 Å². The minimum absolute atomic E-state index is 0.0176. The van der Waals surface area contributed by atoms with Crippen molar-refractivity contribution in [1.82, 2.24) is 4.90 Å². The Balaban J connectivity index is 1.30. The number of hydrogen-bond acceptors (Lipinski definition) is 9. The van der Waals surface area contributed by atoms with Crippen molar-refractivity contribution in [3.8, 4) is 11.5 Å². The number of aliphatic hydroxyl groups is 3. The number of carbonyl (C=O) groups excluding carboxylic acids is 1. The van der Waals surface area contributed by atoms with Crippen LogP contribution in [0.5, 0.6) is 11.5 Å². The number of ether oxygens (including phenoxy) is 4. The van der Waals surface area contributed by atoms with Crippen molar-refractivity contribution in [2.24, 2.45) is 11.3 Å². The minimum atomic E-state index is -1.57. The van der Waals surface area contributed by atoms with Crippen LogP contribution >= 0.6 is 0 Å². The van der Waals surface area contributed by atoms with Crippen LogP contribution in [0.3, 0.4) is 0 Å². The second kappa shape index (κ2) is 7.52. The number of hydrogen-bond donors (Lipinski definition) is 3. The second-order valence-corrected chi connectivity index (χ2v) is 11.5. The molecule has 3 fully saturated rings. The highest BCUT2D eigenvalue weighted by Gasteiger charge is 2.78. The van der Waals surface area contributed by atoms with Crippen molar-refractivity contribution < 1.29 is 39.1 Å². The lowest BCUT2D eigenvalue weighted by atomic mass is 9.40. The van der Waals surface area contributed by atoms with Crippen molar-refractivity contribution in [2.75, 3.05) is 20.2 Å². The molecular formula is C27H33NO8. The molecule has 2 saturated heterocycles. The number of nitrogens with zero attached hydrogens (tertiary/aromatic N) is 1. The summed E-state index contributed by atoms with van der Waals surface area (Å²) >= 11 is 0. The smallest absolute Gasteiger partial charge is 0.187 e. The molecule has 0 amide bonds. The number of ketones is 1. The fourth-order valence-corrected chi connectivity index (χ4v) is 8.46. The Morgan fingerprint density at radius 1 is 1.22 bits per heavy atom. The first-order chi connectivity index (χ1) is 17.2. The van der Waals surface area contributed by atoms with Gasteiger partial charge in [-0.2, -0.15) is 0 Å². The standard InChI is InChI=1S/C27H33NO8/c1-4-33-15-6-5-13-9-14-23-26(11-28(14)3)8-7-16(24-27(23,10-26)17(13)22(15)35-24)34-25-20(32)18(30)19(31)21(36-25)12(2)29/h5-8,14,16,18-21,23-25,30-32H,4,9-11H2,1-3H3/t14-,16+,18?,19+,20?,21?,23?,24+,25?,26?,27-/m1/s1. The van der Waals surface area contributed by atoms with Gasteiger partial charge >= 0.3 is 0 Å². The maximum atomic E-state index is 12.1. The molecule has 11 atom stereocenters. The molecule has 3 N–H and O–H groups in total. The summed E-state index contributed by atoms with van der Waals surface area (Å²) in [5.41, 5.74) is 2.26. The van der Waals surface area contributed by atoms with Gasteiger partial charge in [0.1, 0.15) is 36.6 Å².